The van der Waals surface area contributed by atoms with Crippen molar-refractivity contribution in [2.45, 2.75) is 63.1 Å². The van der Waals surface area contributed by atoms with Gasteiger partial charge in [-0.3, -0.25) is 0 Å². The summed E-state index contributed by atoms with van der Waals surface area (Å²) >= 11 is 0. The average Bonchev–Trinajstić information content (AvgIpc) is 2.03. The van der Waals surface area contributed by atoms with Gasteiger partial charge in [0.2, 0.25) is 0 Å². The van der Waals surface area contributed by atoms with Crippen molar-refractivity contribution in [2.75, 3.05) is 7.11 Å². The second-order valence-electron chi connectivity index (χ2n) is 5.65. The second kappa shape index (κ2) is 4.33. The summed E-state index contributed by atoms with van der Waals surface area (Å²) in [5, 5.41) is 10.6. The molecule has 0 aromatic carbocycles. The standard InChI is InChI=1S/C11H24O2Si/c1-13-10(14(2,3)4)11(12)8-6-5-7-9-11/h10,12H,5-9H2,1-4H3. The Morgan fingerprint density at radius 1 is 1.14 bits per heavy atom. The van der Waals surface area contributed by atoms with Crippen molar-refractivity contribution in [2.24, 2.45) is 0 Å². The van der Waals surface area contributed by atoms with Gasteiger partial charge in [-0.25, -0.2) is 0 Å². The molecule has 1 unspecified atom stereocenters. The molecular weight excluding hydrogens is 192 g/mol. The molecule has 1 aliphatic carbocycles. The van der Waals surface area contributed by atoms with Gasteiger partial charge in [-0.15, -0.1) is 0 Å². The Kier molecular flexibility index (Phi) is 3.78. The minimum atomic E-state index is -1.42. The highest BCUT2D eigenvalue weighted by atomic mass is 28.3. The first-order chi connectivity index (χ1) is 6.40. The van der Waals surface area contributed by atoms with Gasteiger partial charge >= 0.3 is 0 Å². The average molecular weight is 216 g/mol. The molecule has 1 aliphatic rings. The number of rotatable bonds is 3. The molecule has 2 nitrogen and oxygen atoms in total. The molecule has 0 spiro atoms. The normalized spacial score (nSPS) is 24.6. The third-order valence-electron chi connectivity index (χ3n) is 3.23. The van der Waals surface area contributed by atoms with E-state index in [2.05, 4.69) is 19.6 Å². The van der Waals surface area contributed by atoms with E-state index in [4.69, 9.17) is 4.74 Å². The lowest BCUT2D eigenvalue weighted by molar-refractivity contribution is -0.0814. The quantitative estimate of drug-likeness (QED) is 0.735. The number of aliphatic hydroxyl groups is 1. The Hall–Kier alpha value is 0.137. The lowest BCUT2D eigenvalue weighted by atomic mass is 9.85. The minimum Gasteiger partial charge on any atom is -0.388 e. The smallest absolute Gasteiger partial charge is 0.0878 e. The molecule has 1 saturated carbocycles. The fourth-order valence-electron chi connectivity index (χ4n) is 2.81. The maximum Gasteiger partial charge on any atom is 0.0878 e. The van der Waals surface area contributed by atoms with Gasteiger partial charge in [-0.05, 0) is 12.8 Å². The van der Waals surface area contributed by atoms with Gasteiger partial charge in [0.15, 0.2) is 0 Å². The lowest BCUT2D eigenvalue weighted by Crippen LogP contribution is -2.57. The van der Waals surface area contributed by atoms with E-state index >= 15 is 0 Å². The zero-order valence-corrected chi connectivity index (χ0v) is 11.0. The summed E-state index contributed by atoms with van der Waals surface area (Å²) in [7, 11) is 0.327. The van der Waals surface area contributed by atoms with Crippen LogP contribution in [0.2, 0.25) is 19.6 Å². The summed E-state index contributed by atoms with van der Waals surface area (Å²) in [5.41, 5.74) is -0.437. The number of methoxy groups -OCH3 is 1. The summed E-state index contributed by atoms with van der Waals surface area (Å²) in [6.07, 6.45) is 5.43. The van der Waals surface area contributed by atoms with Crippen LogP contribution in [0.3, 0.4) is 0 Å². The number of ether oxygens (including phenoxy) is 1. The topological polar surface area (TPSA) is 29.5 Å². The van der Waals surface area contributed by atoms with Crippen molar-refractivity contribution in [1.82, 2.24) is 0 Å². The molecule has 1 N–H and O–H groups in total. The Balaban J connectivity index is 2.76. The van der Waals surface area contributed by atoms with Crippen molar-refractivity contribution in [3.8, 4) is 0 Å². The molecule has 0 amide bonds. The van der Waals surface area contributed by atoms with Crippen LogP contribution < -0.4 is 0 Å². The molecule has 1 fully saturated rings. The molecule has 3 heteroatoms. The predicted octanol–water partition coefficient (Wildman–Crippen LogP) is 2.57. The summed E-state index contributed by atoms with van der Waals surface area (Å²) in [6.45, 7) is 6.81. The molecule has 84 valence electrons. The Morgan fingerprint density at radius 2 is 1.64 bits per heavy atom. The first-order valence-corrected chi connectivity index (χ1v) is 9.23. The molecule has 0 aliphatic heterocycles. The fourth-order valence-corrected chi connectivity index (χ4v) is 5.41. The highest BCUT2D eigenvalue weighted by molar-refractivity contribution is 6.77. The molecule has 0 bridgehead atoms. The molecular formula is C11H24O2Si. The fraction of sp³-hybridized carbons (Fsp3) is 1.00. The third-order valence-corrected chi connectivity index (χ3v) is 5.58. The van der Waals surface area contributed by atoms with Crippen molar-refractivity contribution in [3.63, 3.8) is 0 Å². The second-order valence-corrected chi connectivity index (χ2v) is 10.9. The van der Waals surface area contributed by atoms with Gasteiger partial charge in [0.1, 0.15) is 0 Å². The molecule has 0 aromatic rings. The number of hydrogen-bond donors (Lipinski definition) is 1. The van der Waals surface area contributed by atoms with Crippen LogP contribution >= 0.6 is 0 Å². The predicted molar refractivity (Wildman–Crippen MR) is 62.2 cm³/mol. The van der Waals surface area contributed by atoms with Gasteiger partial charge in [0.05, 0.1) is 19.4 Å². The molecule has 0 saturated heterocycles. The zero-order valence-electron chi connectivity index (χ0n) is 9.97. The van der Waals surface area contributed by atoms with E-state index in [9.17, 15) is 5.11 Å². The Bertz CT molecular complexity index is 180. The maximum absolute atomic E-state index is 10.6. The Morgan fingerprint density at radius 3 is 2.00 bits per heavy atom. The van der Waals surface area contributed by atoms with E-state index in [0.717, 1.165) is 25.7 Å². The van der Waals surface area contributed by atoms with Gasteiger partial charge in [-0.2, -0.15) is 0 Å². The molecule has 0 heterocycles. The summed E-state index contributed by atoms with van der Waals surface area (Å²) in [5.74, 6) is 0. The van der Waals surface area contributed by atoms with Crippen molar-refractivity contribution in [1.29, 1.82) is 0 Å². The maximum atomic E-state index is 10.6. The van der Waals surface area contributed by atoms with E-state index in [-0.39, 0.29) is 5.73 Å². The van der Waals surface area contributed by atoms with E-state index in [1.807, 2.05) is 0 Å². The summed E-state index contributed by atoms with van der Waals surface area (Å²) in [4.78, 5) is 0. The van der Waals surface area contributed by atoms with Crippen molar-refractivity contribution >= 4 is 8.07 Å². The number of hydrogen-bond acceptors (Lipinski definition) is 2. The van der Waals surface area contributed by atoms with Crippen LogP contribution in [0, 0.1) is 0 Å². The zero-order chi connectivity index (χ0) is 10.8. The first-order valence-electron chi connectivity index (χ1n) is 5.65. The van der Waals surface area contributed by atoms with E-state index in [0.29, 0.717) is 0 Å². The van der Waals surface area contributed by atoms with E-state index < -0.39 is 13.7 Å². The first kappa shape index (κ1) is 12.2. The van der Waals surface area contributed by atoms with Crippen LogP contribution in [0.5, 0.6) is 0 Å². The Labute approximate surface area is 88.7 Å². The minimum absolute atomic E-state index is 0.0929. The largest absolute Gasteiger partial charge is 0.388 e. The van der Waals surface area contributed by atoms with E-state index in [1.165, 1.54) is 6.42 Å². The molecule has 1 rings (SSSR count). The molecule has 1 atom stereocenters. The molecule has 14 heavy (non-hydrogen) atoms. The van der Waals surface area contributed by atoms with Crippen LogP contribution in [0.4, 0.5) is 0 Å². The van der Waals surface area contributed by atoms with Crippen molar-refractivity contribution in [3.05, 3.63) is 0 Å². The molecule has 0 aromatic heterocycles. The SMILES string of the molecule is COC(C1(O)CCCCC1)[Si](C)(C)C. The third kappa shape index (κ3) is 2.58. The van der Waals surface area contributed by atoms with Gasteiger partial charge in [0.25, 0.3) is 0 Å². The van der Waals surface area contributed by atoms with Crippen molar-refractivity contribution < 1.29 is 9.84 Å². The highest BCUT2D eigenvalue weighted by Gasteiger charge is 2.45. The lowest BCUT2D eigenvalue weighted by Gasteiger charge is -2.43. The van der Waals surface area contributed by atoms with Crippen LogP contribution in [-0.4, -0.2) is 31.6 Å². The van der Waals surface area contributed by atoms with Crippen LogP contribution in [0.1, 0.15) is 32.1 Å². The van der Waals surface area contributed by atoms with E-state index in [1.54, 1.807) is 7.11 Å². The summed E-state index contributed by atoms with van der Waals surface area (Å²) in [6, 6.07) is 0. The monoisotopic (exact) mass is 216 g/mol. The van der Waals surface area contributed by atoms with Crippen LogP contribution in [0.25, 0.3) is 0 Å². The highest BCUT2D eigenvalue weighted by Crippen LogP contribution is 2.35. The van der Waals surface area contributed by atoms with Crippen LogP contribution in [-0.2, 0) is 4.74 Å². The van der Waals surface area contributed by atoms with Gasteiger partial charge < -0.3 is 9.84 Å². The molecule has 0 radical (unpaired) electrons. The van der Waals surface area contributed by atoms with Gasteiger partial charge in [-0.1, -0.05) is 38.9 Å². The van der Waals surface area contributed by atoms with Gasteiger partial charge in [0, 0.05) is 7.11 Å². The van der Waals surface area contributed by atoms with Crippen LogP contribution in [0.15, 0.2) is 0 Å². The summed E-state index contributed by atoms with van der Waals surface area (Å²) < 4.78 is 5.57.